The Kier molecular flexibility index (Phi) is 6.21. The fraction of sp³-hybridized carbons (Fsp3) is 0.500. The van der Waals surface area contributed by atoms with E-state index in [0.717, 1.165) is 25.7 Å². The van der Waals surface area contributed by atoms with Crippen molar-refractivity contribution in [2.24, 2.45) is 0 Å². The largest absolute Gasteiger partial charge is 0.456 e. The van der Waals surface area contributed by atoms with Gasteiger partial charge in [-0.05, 0) is 25.0 Å². The number of amides is 1. The van der Waals surface area contributed by atoms with Crippen molar-refractivity contribution in [1.29, 1.82) is 0 Å². The molecule has 0 atom stereocenters. The van der Waals surface area contributed by atoms with Gasteiger partial charge in [-0.3, -0.25) is 14.4 Å². The van der Waals surface area contributed by atoms with Crippen LogP contribution in [0.15, 0.2) is 29.1 Å². The average molecular weight is 371 g/mol. The molecule has 1 aliphatic rings. The van der Waals surface area contributed by atoms with Gasteiger partial charge in [-0.1, -0.05) is 31.4 Å². The first kappa shape index (κ1) is 19.1. The van der Waals surface area contributed by atoms with E-state index in [-0.39, 0.29) is 37.0 Å². The molecule has 1 N–H and O–H groups in total. The summed E-state index contributed by atoms with van der Waals surface area (Å²) in [6, 6.07) is 7.29. The lowest BCUT2D eigenvalue weighted by atomic mass is 9.94. The maximum Gasteiger partial charge on any atom is 0.306 e. The molecule has 0 spiro atoms. The number of fused-ring (bicyclic) bond motifs is 1. The first-order valence-electron chi connectivity index (χ1n) is 9.44. The summed E-state index contributed by atoms with van der Waals surface area (Å²) in [5.74, 6) is -0.218. The molecule has 7 nitrogen and oxygen atoms in total. The molecule has 2 aromatic rings. The lowest BCUT2D eigenvalue weighted by Gasteiger charge is -2.31. The fourth-order valence-electron chi connectivity index (χ4n) is 3.46. The van der Waals surface area contributed by atoms with E-state index in [1.165, 1.54) is 6.42 Å². The average Bonchev–Trinajstić information content (AvgIpc) is 2.70. The summed E-state index contributed by atoms with van der Waals surface area (Å²) in [6.07, 6.45) is 5.83. The van der Waals surface area contributed by atoms with Crippen molar-refractivity contribution < 1.29 is 14.3 Å². The van der Waals surface area contributed by atoms with E-state index in [0.29, 0.717) is 16.7 Å². The number of hydrogen-bond donors (Lipinski definition) is 1. The van der Waals surface area contributed by atoms with Crippen molar-refractivity contribution in [2.45, 2.75) is 51.0 Å². The minimum Gasteiger partial charge on any atom is -0.456 e. The minimum atomic E-state index is -0.476. The summed E-state index contributed by atoms with van der Waals surface area (Å²) in [4.78, 5) is 44.9. The van der Waals surface area contributed by atoms with E-state index < -0.39 is 5.97 Å². The Labute approximate surface area is 157 Å². The normalized spacial score (nSPS) is 14.9. The number of hydrogen-bond acceptors (Lipinski definition) is 5. The minimum absolute atomic E-state index is 0.0572. The van der Waals surface area contributed by atoms with Gasteiger partial charge >= 0.3 is 5.97 Å². The zero-order chi connectivity index (χ0) is 19.2. The van der Waals surface area contributed by atoms with Gasteiger partial charge in [0.2, 0.25) is 0 Å². The van der Waals surface area contributed by atoms with Crippen LogP contribution in [-0.2, 0) is 20.7 Å². The smallest absolute Gasteiger partial charge is 0.306 e. The number of nitrogens with one attached hydrogen (secondary N) is 1. The highest BCUT2D eigenvalue weighted by Gasteiger charge is 2.22. The Hall–Kier alpha value is -2.70. The van der Waals surface area contributed by atoms with Gasteiger partial charge in [-0.15, -0.1) is 0 Å². The number of carbonyl (C=O) groups is 2. The molecule has 1 aromatic carbocycles. The molecule has 1 heterocycles. The summed E-state index contributed by atoms with van der Waals surface area (Å²) in [5.41, 5.74) is 0.363. The Morgan fingerprint density at radius 3 is 2.74 bits per heavy atom. The Bertz CT molecular complexity index is 871. The van der Waals surface area contributed by atoms with E-state index in [1.54, 1.807) is 36.2 Å². The molecule has 1 fully saturated rings. The highest BCUT2D eigenvalue weighted by atomic mass is 16.5. The van der Waals surface area contributed by atoms with Crippen LogP contribution < -0.4 is 5.56 Å². The maximum absolute atomic E-state index is 12.2. The topological polar surface area (TPSA) is 92.4 Å². The van der Waals surface area contributed by atoms with Crippen molar-refractivity contribution in [3.8, 4) is 0 Å². The van der Waals surface area contributed by atoms with Crippen LogP contribution in [0.4, 0.5) is 0 Å². The van der Waals surface area contributed by atoms with Gasteiger partial charge in [-0.2, -0.15) is 0 Å². The van der Waals surface area contributed by atoms with Crippen LogP contribution >= 0.6 is 0 Å². The second kappa shape index (κ2) is 8.79. The highest BCUT2D eigenvalue weighted by molar-refractivity contribution is 5.81. The van der Waals surface area contributed by atoms with E-state index in [2.05, 4.69) is 9.97 Å². The molecule has 144 valence electrons. The summed E-state index contributed by atoms with van der Waals surface area (Å²) >= 11 is 0. The van der Waals surface area contributed by atoms with Crippen LogP contribution in [0.5, 0.6) is 0 Å². The lowest BCUT2D eigenvalue weighted by molar-refractivity contribution is -0.152. The number of carbonyl (C=O) groups excluding carboxylic acids is 2. The number of para-hydroxylation sites is 1. The number of benzene rings is 1. The van der Waals surface area contributed by atoms with Crippen LogP contribution in [0.1, 0.15) is 44.3 Å². The van der Waals surface area contributed by atoms with Gasteiger partial charge in [-0.25, -0.2) is 4.98 Å². The maximum atomic E-state index is 12.2. The van der Waals surface area contributed by atoms with Crippen molar-refractivity contribution in [1.82, 2.24) is 14.9 Å². The number of aryl methyl sites for hydroxylation is 1. The van der Waals surface area contributed by atoms with E-state index in [1.807, 2.05) is 0 Å². The van der Waals surface area contributed by atoms with Gasteiger partial charge in [0.15, 0.2) is 6.61 Å². The molecule has 1 aromatic heterocycles. The molecule has 0 unspecified atom stereocenters. The number of ether oxygens (including phenoxy) is 1. The van der Waals surface area contributed by atoms with Gasteiger partial charge < -0.3 is 14.6 Å². The molecule has 0 aliphatic heterocycles. The Balaban J connectivity index is 1.48. The Morgan fingerprint density at radius 1 is 1.22 bits per heavy atom. The molecule has 1 saturated carbocycles. The molecule has 0 radical (unpaired) electrons. The van der Waals surface area contributed by atoms with Crippen molar-refractivity contribution in [2.75, 3.05) is 13.7 Å². The third-order valence-corrected chi connectivity index (χ3v) is 5.10. The SMILES string of the molecule is CN(C(=O)COC(=O)CCc1nc2ccccc2c(=O)[nH]1)C1CCCCC1. The van der Waals surface area contributed by atoms with Crippen molar-refractivity contribution >= 4 is 22.8 Å². The third kappa shape index (κ3) is 4.93. The zero-order valence-electron chi connectivity index (χ0n) is 15.6. The van der Waals surface area contributed by atoms with E-state index in [9.17, 15) is 14.4 Å². The summed E-state index contributed by atoms with van der Waals surface area (Å²) in [6.45, 7) is -0.243. The van der Waals surface area contributed by atoms with Crippen LogP contribution in [0.2, 0.25) is 0 Å². The number of nitrogens with zero attached hydrogens (tertiary/aromatic N) is 2. The van der Waals surface area contributed by atoms with Crippen molar-refractivity contribution in [3.63, 3.8) is 0 Å². The second-order valence-corrected chi connectivity index (χ2v) is 6.99. The molecule has 0 bridgehead atoms. The van der Waals surface area contributed by atoms with Crippen molar-refractivity contribution in [3.05, 3.63) is 40.4 Å². The number of aromatic nitrogens is 2. The van der Waals surface area contributed by atoms with Crippen LogP contribution in [0.3, 0.4) is 0 Å². The Morgan fingerprint density at radius 2 is 1.96 bits per heavy atom. The molecule has 27 heavy (non-hydrogen) atoms. The molecule has 1 aliphatic carbocycles. The first-order valence-corrected chi connectivity index (χ1v) is 9.44. The number of H-pyrrole nitrogens is 1. The number of likely N-dealkylation sites (N-methyl/N-ethyl adjacent to an activating group) is 1. The molecule has 0 saturated heterocycles. The summed E-state index contributed by atoms with van der Waals surface area (Å²) < 4.78 is 5.11. The van der Waals surface area contributed by atoms with E-state index >= 15 is 0 Å². The monoisotopic (exact) mass is 371 g/mol. The van der Waals surface area contributed by atoms with Gasteiger partial charge in [0.05, 0.1) is 17.3 Å². The zero-order valence-corrected chi connectivity index (χ0v) is 15.6. The van der Waals surface area contributed by atoms with Gasteiger partial charge in [0.1, 0.15) is 5.82 Å². The summed E-state index contributed by atoms with van der Waals surface area (Å²) in [7, 11) is 1.77. The number of rotatable bonds is 6. The van der Waals surface area contributed by atoms with E-state index in [4.69, 9.17) is 4.74 Å². The standard InChI is InChI=1S/C20H25N3O4/c1-23(14-7-3-2-4-8-14)18(24)13-27-19(25)12-11-17-21-16-10-6-5-9-15(16)20(26)22-17/h5-6,9-10,14H,2-4,7-8,11-13H2,1H3,(H,21,22,26). The molecule has 3 rings (SSSR count). The lowest BCUT2D eigenvalue weighted by Crippen LogP contribution is -2.40. The van der Waals surface area contributed by atoms with Gasteiger partial charge in [0, 0.05) is 19.5 Å². The second-order valence-electron chi connectivity index (χ2n) is 6.99. The molecule has 7 heteroatoms. The van der Waals surface area contributed by atoms with Crippen LogP contribution in [-0.4, -0.2) is 46.4 Å². The molecule has 1 amide bonds. The number of esters is 1. The first-order chi connectivity index (χ1) is 13.0. The van der Waals surface area contributed by atoms with Crippen LogP contribution in [0, 0.1) is 0 Å². The predicted octanol–water partition coefficient (Wildman–Crippen LogP) is 2.19. The fourth-order valence-corrected chi connectivity index (χ4v) is 3.46. The summed E-state index contributed by atoms with van der Waals surface area (Å²) in [5, 5.41) is 0.514. The number of aromatic amines is 1. The predicted molar refractivity (Wildman–Crippen MR) is 101 cm³/mol. The highest BCUT2D eigenvalue weighted by Crippen LogP contribution is 2.21. The van der Waals surface area contributed by atoms with Crippen LogP contribution in [0.25, 0.3) is 10.9 Å². The molecular formula is C20H25N3O4. The quantitative estimate of drug-likeness (QED) is 0.786. The van der Waals surface area contributed by atoms with Gasteiger partial charge in [0.25, 0.3) is 11.5 Å². The third-order valence-electron chi connectivity index (χ3n) is 5.10. The molecular weight excluding hydrogens is 346 g/mol.